The summed E-state index contributed by atoms with van der Waals surface area (Å²) in [6, 6.07) is 3.96. The van der Waals surface area contributed by atoms with Crippen LogP contribution in [-0.4, -0.2) is 17.6 Å². The minimum atomic E-state index is -0.216. The SMILES string of the molecule is COC(=O)[C@H](C)n1cccc1C1CCCCC1. The van der Waals surface area contributed by atoms with Gasteiger partial charge in [0.25, 0.3) is 0 Å². The summed E-state index contributed by atoms with van der Waals surface area (Å²) in [7, 11) is 1.45. The maximum Gasteiger partial charge on any atom is 0.328 e. The quantitative estimate of drug-likeness (QED) is 0.753. The Kier molecular flexibility index (Phi) is 3.87. The van der Waals surface area contributed by atoms with E-state index >= 15 is 0 Å². The van der Waals surface area contributed by atoms with Crippen molar-refractivity contribution in [3.8, 4) is 0 Å². The molecule has 94 valence electrons. The summed E-state index contributed by atoms with van der Waals surface area (Å²) in [5.41, 5.74) is 1.29. The molecule has 1 aliphatic carbocycles. The molecular weight excluding hydrogens is 214 g/mol. The lowest BCUT2D eigenvalue weighted by molar-refractivity contribution is -0.144. The third-order valence-electron chi connectivity index (χ3n) is 3.79. The van der Waals surface area contributed by atoms with Gasteiger partial charge in [-0.15, -0.1) is 0 Å². The van der Waals surface area contributed by atoms with E-state index in [0.717, 1.165) is 0 Å². The fraction of sp³-hybridized carbons (Fsp3) is 0.643. The van der Waals surface area contributed by atoms with Gasteiger partial charge >= 0.3 is 5.97 Å². The minimum Gasteiger partial charge on any atom is -0.467 e. The Labute approximate surface area is 103 Å². The molecule has 2 rings (SSSR count). The van der Waals surface area contributed by atoms with Crippen LogP contribution in [0.25, 0.3) is 0 Å². The van der Waals surface area contributed by atoms with Crippen LogP contribution in [0.2, 0.25) is 0 Å². The number of rotatable bonds is 3. The van der Waals surface area contributed by atoms with E-state index in [1.54, 1.807) is 0 Å². The van der Waals surface area contributed by atoms with Crippen LogP contribution >= 0.6 is 0 Å². The minimum absolute atomic E-state index is 0.168. The van der Waals surface area contributed by atoms with E-state index in [1.807, 2.05) is 19.2 Å². The molecule has 0 bridgehead atoms. The number of carbonyl (C=O) groups is 1. The normalized spacial score (nSPS) is 18.9. The summed E-state index contributed by atoms with van der Waals surface area (Å²) in [6.07, 6.45) is 8.45. The monoisotopic (exact) mass is 235 g/mol. The molecule has 1 heterocycles. The second-order valence-electron chi connectivity index (χ2n) is 4.87. The van der Waals surface area contributed by atoms with Gasteiger partial charge in [-0.2, -0.15) is 0 Å². The lowest BCUT2D eigenvalue weighted by Crippen LogP contribution is -2.21. The Morgan fingerprint density at radius 1 is 1.41 bits per heavy atom. The van der Waals surface area contributed by atoms with Crippen LogP contribution in [0, 0.1) is 0 Å². The highest BCUT2D eigenvalue weighted by Crippen LogP contribution is 2.34. The van der Waals surface area contributed by atoms with Crippen molar-refractivity contribution in [2.24, 2.45) is 0 Å². The molecule has 17 heavy (non-hydrogen) atoms. The predicted octanol–water partition coefficient (Wildman–Crippen LogP) is 3.27. The third kappa shape index (κ3) is 2.54. The average Bonchev–Trinajstić information content (AvgIpc) is 2.87. The van der Waals surface area contributed by atoms with Crippen molar-refractivity contribution < 1.29 is 9.53 Å². The van der Waals surface area contributed by atoms with Gasteiger partial charge in [-0.3, -0.25) is 0 Å². The molecule has 1 atom stereocenters. The van der Waals surface area contributed by atoms with Gasteiger partial charge in [0.05, 0.1) is 7.11 Å². The number of esters is 1. The summed E-state index contributed by atoms with van der Waals surface area (Å²) >= 11 is 0. The van der Waals surface area contributed by atoms with E-state index in [4.69, 9.17) is 4.74 Å². The molecule has 3 nitrogen and oxygen atoms in total. The molecule has 0 saturated heterocycles. The van der Waals surface area contributed by atoms with Crippen LogP contribution < -0.4 is 0 Å². The smallest absolute Gasteiger partial charge is 0.328 e. The molecule has 1 aliphatic rings. The van der Waals surface area contributed by atoms with E-state index in [-0.39, 0.29) is 12.0 Å². The van der Waals surface area contributed by atoms with Crippen LogP contribution in [0.1, 0.15) is 56.7 Å². The maximum atomic E-state index is 11.6. The highest BCUT2D eigenvalue weighted by molar-refractivity contribution is 5.73. The Hall–Kier alpha value is -1.25. The van der Waals surface area contributed by atoms with Crippen LogP contribution in [-0.2, 0) is 9.53 Å². The fourth-order valence-corrected chi connectivity index (χ4v) is 2.79. The molecule has 1 aromatic rings. The first-order valence-electron chi connectivity index (χ1n) is 6.48. The highest BCUT2D eigenvalue weighted by atomic mass is 16.5. The van der Waals surface area contributed by atoms with Crippen LogP contribution in [0.3, 0.4) is 0 Å². The van der Waals surface area contributed by atoms with Crippen molar-refractivity contribution in [2.75, 3.05) is 7.11 Å². The first kappa shape index (κ1) is 12.2. The number of aromatic nitrogens is 1. The van der Waals surface area contributed by atoms with Gasteiger partial charge in [0, 0.05) is 11.9 Å². The number of methoxy groups -OCH3 is 1. The van der Waals surface area contributed by atoms with Gasteiger partial charge < -0.3 is 9.30 Å². The topological polar surface area (TPSA) is 31.2 Å². The summed E-state index contributed by atoms with van der Waals surface area (Å²) < 4.78 is 6.89. The molecule has 0 N–H and O–H groups in total. The molecule has 1 fully saturated rings. The van der Waals surface area contributed by atoms with Crippen molar-refractivity contribution in [1.29, 1.82) is 0 Å². The Balaban J connectivity index is 2.18. The van der Waals surface area contributed by atoms with E-state index in [2.05, 4.69) is 10.6 Å². The van der Waals surface area contributed by atoms with Crippen molar-refractivity contribution in [2.45, 2.75) is 51.0 Å². The summed E-state index contributed by atoms with van der Waals surface area (Å²) in [6.45, 7) is 1.90. The van der Waals surface area contributed by atoms with E-state index in [9.17, 15) is 4.79 Å². The molecule has 0 amide bonds. The summed E-state index contributed by atoms with van der Waals surface area (Å²) in [5.74, 6) is 0.448. The molecular formula is C14H21NO2. The van der Waals surface area contributed by atoms with Gasteiger partial charge in [-0.05, 0) is 37.8 Å². The predicted molar refractivity (Wildman–Crippen MR) is 67.0 cm³/mol. The van der Waals surface area contributed by atoms with Crippen LogP contribution in [0.4, 0.5) is 0 Å². The highest BCUT2D eigenvalue weighted by Gasteiger charge is 2.23. The molecule has 1 aromatic heterocycles. The lowest BCUT2D eigenvalue weighted by Gasteiger charge is -2.25. The maximum absolute atomic E-state index is 11.6. The first-order chi connectivity index (χ1) is 8.24. The summed E-state index contributed by atoms with van der Waals surface area (Å²) in [4.78, 5) is 11.6. The van der Waals surface area contributed by atoms with Crippen LogP contribution in [0.15, 0.2) is 18.3 Å². The third-order valence-corrected chi connectivity index (χ3v) is 3.79. The van der Waals surface area contributed by atoms with Gasteiger partial charge in [-0.1, -0.05) is 19.3 Å². The summed E-state index contributed by atoms with van der Waals surface area (Å²) in [5, 5.41) is 0. The van der Waals surface area contributed by atoms with Gasteiger partial charge in [-0.25, -0.2) is 4.79 Å². The number of hydrogen-bond acceptors (Lipinski definition) is 2. The number of ether oxygens (including phenoxy) is 1. The second kappa shape index (κ2) is 5.39. The average molecular weight is 235 g/mol. The van der Waals surface area contributed by atoms with Gasteiger partial charge in [0.2, 0.25) is 0 Å². The van der Waals surface area contributed by atoms with Crippen molar-refractivity contribution in [1.82, 2.24) is 4.57 Å². The van der Waals surface area contributed by atoms with E-state index in [1.165, 1.54) is 44.9 Å². The number of carbonyl (C=O) groups excluding carboxylic acids is 1. The molecule has 1 saturated carbocycles. The molecule has 0 spiro atoms. The van der Waals surface area contributed by atoms with Gasteiger partial charge in [0.15, 0.2) is 0 Å². The van der Waals surface area contributed by atoms with Crippen molar-refractivity contribution >= 4 is 5.97 Å². The zero-order chi connectivity index (χ0) is 12.3. The zero-order valence-corrected chi connectivity index (χ0v) is 10.7. The molecule has 0 aliphatic heterocycles. The lowest BCUT2D eigenvalue weighted by atomic mass is 9.87. The Bertz CT molecular complexity index is 377. The standard InChI is InChI=1S/C14H21NO2/c1-11(14(16)17-2)15-10-6-9-13(15)12-7-4-3-5-8-12/h6,9-12H,3-5,7-8H2,1-2H3/t11-/m0/s1. The fourth-order valence-electron chi connectivity index (χ4n) is 2.79. The number of nitrogens with zero attached hydrogens (tertiary/aromatic N) is 1. The van der Waals surface area contributed by atoms with Gasteiger partial charge in [0.1, 0.15) is 6.04 Å². The second-order valence-corrected chi connectivity index (χ2v) is 4.87. The van der Waals surface area contributed by atoms with Crippen molar-refractivity contribution in [3.63, 3.8) is 0 Å². The van der Waals surface area contributed by atoms with E-state index < -0.39 is 0 Å². The zero-order valence-electron chi connectivity index (χ0n) is 10.7. The molecule has 3 heteroatoms. The Morgan fingerprint density at radius 2 is 2.12 bits per heavy atom. The first-order valence-corrected chi connectivity index (χ1v) is 6.48. The molecule has 0 radical (unpaired) electrons. The van der Waals surface area contributed by atoms with Crippen molar-refractivity contribution in [3.05, 3.63) is 24.0 Å². The van der Waals surface area contributed by atoms with Crippen LogP contribution in [0.5, 0.6) is 0 Å². The molecule has 0 aromatic carbocycles. The number of hydrogen-bond donors (Lipinski definition) is 0. The molecule has 0 unspecified atom stereocenters. The van der Waals surface area contributed by atoms with E-state index in [0.29, 0.717) is 5.92 Å². The Morgan fingerprint density at radius 3 is 2.76 bits per heavy atom. The largest absolute Gasteiger partial charge is 0.467 e.